The Labute approximate surface area is 119 Å². The van der Waals surface area contributed by atoms with Gasteiger partial charge in [0.2, 0.25) is 0 Å². The fraction of sp³-hybridized carbons (Fsp3) is 0.429. The maximum atomic E-state index is 11.0. The van der Waals surface area contributed by atoms with Crippen LogP contribution in [0, 0.1) is 18.8 Å². The zero-order valence-electron chi connectivity index (χ0n) is 11.1. The number of alkyl halides is 1. The molecule has 0 spiro atoms. The molecule has 0 saturated carbocycles. The second-order valence-corrected chi connectivity index (χ2v) is 6.77. The van der Waals surface area contributed by atoms with Crippen LogP contribution >= 0.6 is 11.6 Å². The van der Waals surface area contributed by atoms with Crippen molar-refractivity contribution in [1.82, 2.24) is 0 Å². The molecule has 104 valence electrons. The van der Waals surface area contributed by atoms with Crippen molar-refractivity contribution in [2.45, 2.75) is 13.3 Å². The van der Waals surface area contributed by atoms with Crippen molar-refractivity contribution in [3.05, 3.63) is 29.3 Å². The lowest BCUT2D eigenvalue weighted by atomic mass is 10.1. The second-order valence-electron chi connectivity index (χ2n) is 4.25. The number of hydrogen-bond donors (Lipinski definition) is 0. The van der Waals surface area contributed by atoms with Crippen LogP contribution in [0.4, 0.5) is 0 Å². The smallest absolute Gasteiger partial charge is 0.147 e. The first-order valence-electron chi connectivity index (χ1n) is 5.88. The summed E-state index contributed by atoms with van der Waals surface area (Å²) in [7, 11) is -2.92. The molecule has 1 aromatic rings. The van der Waals surface area contributed by atoms with Gasteiger partial charge >= 0.3 is 0 Å². The van der Waals surface area contributed by atoms with Gasteiger partial charge in [0.1, 0.15) is 15.6 Å². The van der Waals surface area contributed by atoms with Crippen molar-refractivity contribution in [2.75, 3.05) is 24.5 Å². The summed E-state index contributed by atoms with van der Waals surface area (Å²) < 4.78 is 27.5. The van der Waals surface area contributed by atoms with Crippen molar-refractivity contribution in [3.63, 3.8) is 0 Å². The molecular formula is C14H17ClO3S. The molecule has 0 aromatic heterocycles. The summed E-state index contributed by atoms with van der Waals surface area (Å²) >= 11 is 5.50. The summed E-state index contributed by atoms with van der Waals surface area (Å²) in [6.07, 6.45) is 1.72. The minimum Gasteiger partial charge on any atom is -0.493 e. The van der Waals surface area contributed by atoms with Crippen LogP contribution < -0.4 is 4.74 Å². The molecule has 3 nitrogen and oxygen atoms in total. The highest BCUT2D eigenvalue weighted by Gasteiger charge is 2.03. The third kappa shape index (κ3) is 6.51. The second kappa shape index (κ2) is 7.42. The third-order valence-corrected chi connectivity index (χ3v) is 3.56. The summed E-state index contributed by atoms with van der Waals surface area (Å²) in [6, 6.07) is 5.62. The number of sulfone groups is 1. The van der Waals surface area contributed by atoms with Crippen LogP contribution in [0.25, 0.3) is 0 Å². The van der Waals surface area contributed by atoms with Gasteiger partial charge in [-0.2, -0.15) is 0 Å². The highest BCUT2D eigenvalue weighted by molar-refractivity contribution is 7.90. The van der Waals surface area contributed by atoms with Crippen LogP contribution in [-0.2, 0) is 9.84 Å². The highest BCUT2D eigenvalue weighted by Crippen LogP contribution is 2.19. The van der Waals surface area contributed by atoms with E-state index >= 15 is 0 Å². The average molecular weight is 301 g/mol. The maximum Gasteiger partial charge on any atom is 0.147 e. The van der Waals surface area contributed by atoms with Gasteiger partial charge in [0.15, 0.2) is 0 Å². The molecule has 0 atom stereocenters. The fourth-order valence-electron chi connectivity index (χ4n) is 1.53. The Morgan fingerprint density at radius 2 is 2.11 bits per heavy atom. The van der Waals surface area contributed by atoms with Crippen molar-refractivity contribution in [3.8, 4) is 17.6 Å². The van der Waals surface area contributed by atoms with Crippen molar-refractivity contribution >= 4 is 21.4 Å². The van der Waals surface area contributed by atoms with E-state index in [1.807, 2.05) is 25.1 Å². The van der Waals surface area contributed by atoms with Crippen LogP contribution in [-0.4, -0.2) is 32.9 Å². The summed E-state index contributed by atoms with van der Waals surface area (Å²) in [4.78, 5) is 0. The van der Waals surface area contributed by atoms with Gasteiger partial charge in [0.25, 0.3) is 0 Å². The minimum absolute atomic E-state index is 0.144. The van der Waals surface area contributed by atoms with Crippen LogP contribution in [0.2, 0.25) is 0 Å². The maximum absolute atomic E-state index is 11.0. The monoisotopic (exact) mass is 300 g/mol. The van der Waals surface area contributed by atoms with E-state index in [0.717, 1.165) is 16.9 Å². The average Bonchev–Trinajstić information content (AvgIpc) is 2.32. The molecule has 0 heterocycles. The van der Waals surface area contributed by atoms with Gasteiger partial charge < -0.3 is 4.74 Å². The molecule has 0 fully saturated rings. The first-order valence-corrected chi connectivity index (χ1v) is 8.48. The Bertz CT molecular complexity index is 582. The van der Waals surface area contributed by atoms with Gasteiger partial charge in [-0.3, -0.25) is 0 Å². The number of halogens is 1. The molecule has 0 unspecified atom stereocenters. The lowest BCUT2D eigenvalue weighted by Gasteiger charge is -2.09. The lowest BCUT2D eigenvalue weighted by molar-refractivity contribution is 0.315. The predicted octanol–water partition coefficient (Wildman–Crippen LogP) is 2.40. The normalized spacial score (nSPS) is 10.7. The van der Waals surface area contributed by atoms with Crippen LogP contribution in [0.1, 0.15) is 17.5 Å². The molecular weight excluding hydrogens is 284 g/mol. The van der Waals surface area contributed by atoms with E-state index in [2.05, 4.69) is 11.8 Å². The third-order valence-electron chi connectivity index (χ3n) is 2.39. The number of rotatable bonds is 5. The van der Waals surface area contributed by atoms with Gasteiger partial charge in [-0.15, -0.1) is 11.6 Å². The largest absolute Gasteiger partial charge is 0.493 e. The molecule has 0 radical (unpaired) electrons. The predicted molar refractivity (Wildman–Crippen MR) is 78.6 cm³/mol. The number of benzene rings is 1. The fourth-order valence-corrected chi connectivity index (χ4v) is 2.24. The van der Waals surface area contributed by atoms with E-state index in [0.29, 0.717) is 18.9 Å². The molecule has 19 heavy (non-hydrogen) atoms. The SMILES string of the molecule is Cc1cc(C#CCCl)ccc1OCCCS(C)(=O)=O. The van der Waals surface area contributed by atoms with Gasteiger partial charge in [-0.05, 0) is 37.1 Å². The van der Waals surface area contributed by atoms with Crippen molar-refractivity contribution < 1.29 is 13.2 Å². The molecule has 0 bridgehead atoms. The first kappa shape index (κ1) is 15.9. The van der Waals surface area contributed by atoms with Crippen LogP contribution in [0.3, 0.4) is 0 Å². The van der Waals surface area contributed by atoms with Gasteiger partial charge in [-0.1, -0.05) is 11.8 Å². The Morgan fingerprint density at radius 3 is 2.68 bits per heavy atom. The Hall–Kier alpha value is -1.18. The van der Waals surface area contributed by atoms with E-state index in [9.17, 15) is 8.42 Å². The van der Waals surface area contributed by atoms with Crippen molar-refractivity contribution in [1.29, 1.82) is 0 Å². The topological polar surface area (TPSA) is 43.4 Å². The Balaban J connectivity index is 2.56. The van der Waals surface area contributed by atoms with E-state index in [4.69, 9.17) is 16.3 Å². The van der Waals surface area contributed by atoms with Gasteiger partial charge in [0, 0.05) is 11.8 Å². The number of hydrogen-bond acceptors (Lipinski definition) is 3. The summed E-state index contributed by atoms with van der Waals surface area (Å²) in [5.41, 5.74) is 1.86. The van der Waals surface area contributed by atoms with E-state index < -0.39 is 9.84 Å². The van der Waals surface area contributed by atoms with E-state index in [-0.39, 0.29) is 5.75 Å². The minimum atomic E-state index is -2.92. The molecule has 1 rings (SSSR count). The summed E-state index contributed by atoms with van der Waals surface area (Å²) in [6.45, 7) is 2.32. The van der Waals surface area contributed by atoms with E-state index in [1.165, 1.54) is 6.26 Å². The number of aryl methyl sites for hydroxylation is 1. The molecule has 0 saturated heterocycles. The highest BCUT2D eigenvalue weighted by atomic mass is 35.5. The Morgan fingerprint density at radius 1 is 1.37 bits per heavy atom. The molecule has 1 aromatic carbocycles. The van der Waals surface area contributed by atoms with E-state index in [1.54, 1.807) is 0 Å². The summed E-state index contributed by atoms with van der Waals surface area (Å²) in [5, 5.41) is 0. The molecule has 0 aliphatic carbocycles. The van der Waals surface area contributed by atoms with Crippen molar-refractivity contribution in [2.24, 2.45) is 0 Å². The quantitative estimate of drug-likeness (QED) is 0.476. The molecule has 0 aliphatic rings. The summed E-state index contributed by atoms with van der Waals surface area (Å²) in [5.74, 6) is 6.93. The Kier molecular flexibility index (Phi) is 6.20. The molecule has 0 N–H and O–H groups in total. The lowest BCUT2D eigenvalue weighted by Crippen LogP contribution is -2.08. The molecule has 0 amide bonds. The van der Waals surface area contributed by atoms with Gasteiger partial charge in [-0.25, -0.2) is 8.42 Å². The van der Waals surface area contributed by atoms with Gasteiger partial charge in [0.05, 0.1) is 18.2 Å². The van der Waals surface area contributed by atoms with Crippen LogP contribution in [0.5, 0.6) is 5.75 Å². The van der Waals surface area contributed by atoms with Crippen LogP contribution in [0.15, 0.2) is 18.2 Å². The number of ether oxygens (including phenoxy) is 1. The zero-order valence-corrected chi connectivity index (χ0v) is 12.6. The molecule has 5 heteroatoms. The standard InChI is InChI=1S/C14H17ClO3S/c1-12-11-13(5-3-8-15)6-7-14(12)18-9-4-10-19(2,16)17/h6-7,11H,4,8-10H2,1-2H3. The zero-order chi connectivity index (χ0) is 14.3. The molecule has 0 aliphatic heterocycles. The first-order chi connectivity index (χ1) is 8.92.